The number of anilines is 3. The Bertz CT molecular complexity index is 2200. The number of hydrogen-bond donors (Lipinski definition) is 0. The quantitative estimate of drug-likeness (QED) is 0.201. The van der Waals surface area contributed by atoms with Gasteiger partial charge in [-0.05, 0) is 81.9 Å². The summed E-state index contributed by atoms with van der Waals surface area (Å²) in [4.78, 5) is 20.5. The third-order valence-corrected chi connectivity index (χ3v) is 8.76. The third kappa shape index (κ3) is 2.78. The van der Waals surface area contributed by atoms with Gasteiger partial charge in [0.15, 0.2) is 0 Å². The van der Waals surface area contributed by atoms with Crippen LogP contribution in [0.25, 0.3) is 33.1 Å². The van der Waals surface area contributed by atoms with E-state index >= 15 is 0 Å². The second-order valence-corrected chi connectivity index (χ2v) is 10.7. The largest absolute Gasteiger partial charge is 0.456 e. The fourth-order valence-electron chi connectivity index (χ4n) is 7.17. The zero-order valence-electron chi connectivity index (χ0n) is 21.9. The van der Waals surface area contributed by atoms with Gasteiger partial charge in [-0.25, -0.2) is 0 Å². The fourth-order valence-corrected chi connectivity index (χ4v) is 7.17. The summed E-state index contributed by atoms with van der Waals surface area (Å²) in [5.74, 6) is 0. The van der Waals surface area contributed by atoms with Gasteiger partial charge in [0, 0.05) is 18.1 Å². The molecule has 9 rings (SSSR count). The van der Waals surface area contributed by atoms with Crippen LogP contribution in [0.2, 0.25) is 0 Å². The highest BCUT2D eigenvalue weighted by atomic mass is 16.3. The molecule has 4 heteroatoms. The Kier molecular flexibility index (Phi) is 4.37. The van der Waals surface area contributed by atoms with Crippen LogP contribution in [0, 0.1) is 0 Å². The molecule has 0 unspecified atom stereocenters. The zero-order valence-corrected chi connectivity index (χ0v) is 21.9. The van der Waals surface area contributed by atoms with Crippen molar-refractivity contribution in [2.24, 2.45) is 0 Å². The van der Waals surface area contributed by atoms with E-state index in [2.05, 4.69) is 94.8 Å². The highest BCUT2D eigenvalue weighted by Gasteiger charge is 2.51. The van der Waals surface area contributed by atoms with Crippen LogP contribution >= 0.6 is 0 Å². The Morgan fingerprint density at radius 2 is 1.20 bits per heavy atom. The molecule has 4 nitrogen and oxygen atoms in total. The highest BCUT2D eigenvalue weighted by molar-refractivity contribution is 6.00. The van der Waals surface area contributed by atoms with Crippen molar-refractivity contribution in [3.63, 3.8) is 0 Å². The Morgan fingerprint density at radius 1 is 0.561 bits per heavy atom. The van der Waals surface area contributed by atoms with E-state index in [9.17, 15) is 4.79 Å². The molecule has 0 saturated heterocycles. The predicted molar refractivity (Wildman–Crippen MR) is 163 cm³/mol. The maximum Gasteiger partial charge on any atom is 0.200 e. The number of rotatable bonds is 1. The molecule has 2 aromatic heterocycles. The number of aromatic nitrogens is 1. The van der Waals surface area contributed by atoms with Crippen LogP contribution in [0.1, 0.15) is 22.3 Å². The Labute approximate surface area is 235 Å². The lowest BCUT2D eigenvalue weighted by molar-refractivity contribution is 0.659. The highest BCUT2D eigenvalue weighted by Crippen LogP contribution is 2.63. The third-order valence-electron chi connectivity index (χ3n) is 8.76. The molecule has 1 aliphatic carbocycles. The summed E-state index contributed by atoms with van der Waals surface area (Å²) in [5, 5.41) is 1.19. The number of para-hydroxylation sites is 3. The van der Waals surface area contributed by atoms with Crippen molar-refractivity contribution >= 4 is 39.0 Å². The molecule has 41 heavy (non-hydrogen) atoms. The van der Waals surface area contributed by atoms with E-state index in [1.54, 1.807) is 0 Å². The molecule has 5 aromatic carbocycles. The molecule has 0 amide bonds. The van der Waals surface area contributed by atoms with Gasteiger partial charge in [0.1, 0.15) is 11.2 Å². The first-order chi connectivity index (χ1) is 20.3. The summed E-state index contributed by atoms with van der Waals surface area (Å²) >= 11 is 0. The van der Waals surface area contributed by atoms with E-state index < -0.39 is 5.41 Å². The molecule has 2 aliphatic rings. The number of benzene rings is 5. The molecule has 3 heterocycles. The molecule has 192 valence electrons. The summed E-state index contributed by atoms with van der Waals surface area (Å²) in [7, 11) is 0. The Balaban J connectivity index is 1.47. The van der Waals surface area contributed by atoms with Crippen LogP contribution in [0.4, 0.5) is 17.1 Å². The van der Waals surface area contributed by atoms with Crippen molar-refractivity contribution < 1.29 is 4.42 Å². The monoisotopic (exact) mass is 526 g/mol. The predicted octanol–water partition coefficient (Wildman–Crippen LogP) is 8.49. The van der Waals surface area contributed by atoms with Crippen LogP contribution in [0.3, 0.4) is 0 Å². The van der Waals surface area contributed by atoms with Crippen LogP contribution in [0.15, 0.2) is 143 Å². The summed E-state index contributed by atoms with van der Waals surface area (Å²) < 4.78 is 6.34. The minimum Gasteiger partial charge on any atom is -0.456 e. The average Bonchev–Trinajstić information content (AvgIpc) is 3.31. The maximum absolute atomic E-state index is 13.9. The first-order valence-corrected chi connectivity index (χ1v) is 13.8. The standard InChI is InChI=1S/C37H22N2O2/c40-36-25-10-2-8-16-34(25)41-35-22-26-24-9-1-3-11-28(24)37(31(26)21-27(35)36)29-12-4-6-14-32(29)39(23-17-19-38-20-18-23)33-15-7-5-13-30(33)37/h1-22H. The molecule has 7 aromatic rings. The van der Waals surface area contributed by atoms with Crippen molar-refractivity contribution in [3.05, 3.63) is 166 Å². The topological polar surface area (TPSA) is 46.3 Å². The molecule has 0 N–H and O–H groups in total. The lowest BCUT2D eigenvalue weighted by Crippen LogP contribution is -2.36. The number of hydrogen-bond acceptors (Lipinski definition) is 4. The van der Waals surface area contributed by atoms with Crippen molar-refractivity contribution in [2.45, 2.75) is 5.41 Å². The minimum atomic E-state index is -0.616. The van der Waals surface area contributed by atoms with Crippen LogP contribution < -0.4 is 10.3 Å². The normalized spacial score (nSPS) is 14.1. The molecule has 1 spiro atoms. The Hall–Kier alpha value is -5.48. The van der Waals surface area contributed by atoms with Crippen LogP contribution in [0.5, 0.6) is 0 Å². The molecule has 1 aliphatic heterocycles. The minimum absolute atomic E-state index is 0.00783. The summed E-state index contributed by atoms with van der Waals surface area (Å²) in [6.07, 6.45) is 3.67. The Morgan fingerprint density at radius 3 is 1.95 bits per heavy atom. The van der Waals surface area contributed by atoms with Crippen LogP contribution in [-0.2, 0) is 5.41 Å². The van der Waals surface area contributed by atoms with Crippen molar-refractivity contribution in [1.29, 1.82) is 0 Å². The lowest BCUT2D eigenvalue weighted by Gasteiger charge is -2.45. The van der Waals surface area contributed by atoms with Gasteiger partial charge in [0.05, 0.1) is 27.6 Å². The van der Waals surface area contributed by atoms with E-state index in [1.165, 1.54) is 16.7 Å². The van der Waals surface area contributed by atoms with Gasteiger partial charge in [0.2, 0.25) is 5.43 Å². The molecular formula is C37H22N2O2. The molecule has 0 bridgehead atoms. The van der Waals surface area contributed by atoms with E-state index in [-0.39, 0.29) is 5.43 Å². The molecule has 0 fully saturated rings. The van der Waals surface area contributed by atoms with Gasteiger partial charge < -0.3 is 9.32 Å². The van der Waals surface area contributed by atoms with Gasteiger partial charge in [-0.2, -0.15) is 0 Å². The van der Waals surface area contributed by atoms with Gasteiger partial charge in [0.25, 0.3) is 0 Å². The van der Waals surface area contributed by atoms with E-state index in [0.29, 0.717) is 21.9 Å². The fraction of sp³-hybridized carbons (Fsp3) is 0.0270. The first kappa shape index (κ1) is 22.3. The summed E-state index contributed by atoms with van der Waals surface area (Å²) in [5.41, 5.74) is 10.7. The molecule has 0 saturated carbocycles. The van der Waals surface area contributed by atoms with Crippen molar-refractivity contribution in [2.75, 3.05) is 4.90 Å². The van der Waals surface area contributed by atoms with Gasteiger partial charge in [-0.3, -0.25) is 9.78 Å². The first-order valence-electron chi connectivity index (χ1n) is 13.8. The number of fused-ring (bicyclic) bond motifs is 11. The smallest absolute Gasteiger partial charge is 0.200 e. The summed E-state index contributed by atoms with van der Waals surface area (Å²) in [6, 6.07) is 41.7. The van der Waals surface area contributed by atoms with E-state index in [0.717, 1.165) is 33.8 Å². The van der Waals surface area contributed by atoms with Gasteiger partial charge in [-0.1, -0.05) is 72.8 Å². The van der Waals surface area contributed by atoms with E-state index in [4.69, 9.17) is 4.42 Å². The summed E-state index contributed by atoms with van der Waals surface area (Å²) in [6.45, 7) is 0. The maximum atomic E-state index is 13.9. The molecule has 0 atom stereocenters. The molecule has 0 radical (unpaired) electrons. The van der Waals surface area contributed by atoms with Crippen molar-refractivity contribution in [1.82, 2.24) is 4.98 Å². The zero-order chi connectivity index (χ0) is 27.1. The SMILES string of the molecule is O=c1c2ccccc2oc2cc3c(cc12)C1(c2ccccc2-3)c2ccccc2N(c2ccncc2)c2ccccc21. The second kappa shape index (κ2) is 8.03. The van der Waals surface area contributed by atoms with Gasteiger partial charge >= 0.3 is 0 Å². The van der Waals surface area contributed by atoms with Crippen LogP contribution in [-0.4, -0.2) is 4.98 Å². The number of nitrogens with zero attached hydrogens (tertiary/aromatic N) is 2. The number of pyridine rings is 1. The van der Waals surface area contributed by atoms with Gasteiger partial charge in [-0.15, -0.1) is 0 Å². The average molecular weight is 527 g/mol. The van der Waals surface area contributed by atoms with Crippen molar-refractivity contribution in [3.8, 4) is 11.1 Å². The second-order valence-electron chi connectivity index (χ2n) is 10.7. The lowest BCUT2D eigenvalue weighted by atomic mass is 9.64. The molecular weight excluding hydrogens is 504 g/mol. The van der Waals surface area contributed by atoms with E-state index in [1.807, 2.05) is 48.8 Å².